The summed E-state index contributed by atoms with van der Waals surface area (Å²) in [6, 6.07) is 8.61. The van der Waals surface area contributed by atoms with E-state index < -0.39 is 0 Å². The molecule has 1 aromatic rings. The van der Waals surface area contributed by atoms with Gasteiger partial charge in [-0.3, -0.25) is 0 Å². The van der Waals surface area contributed by atoms with Gasteiger partial charge in [-0.05, 0) is 49.1 Å². The zero-order chi connectivity index (χ0) is 14.2. The van der Waals surface area contributed by atoms with Gasteiger partial charge in [0.2, 0.25) is 0 Å². The number of ether oxygens (including phenoxy) is 2. The van der Waals surface area contributed by atoms with E-state index in [2.05, 4.69) is 37.4 Å². The van der Waals surface area contributed by atoms with Crippen molar-refractivity contribution in [2.75, 3.05) is 19.8 Å². The topological polar surface area (TPSA) is 30.5 Å². The summed E-state index contributed by atoms with van der Waals surface area (Å²) in [5.74, 6) is 0.949. The molecule has 1 heterocycles. The normalized spacial score (nSPS) is 16.2. The van der Waals surface area contributed by atoms with Crippen molar-refractivity contribution in [3.63, 3.8) is 0 Å². The standard InChI is InChI=1S/C17H25NO2/c1-3-10-20-16-9-5-7-14(12-16)17(18-4-2)15-8-6-11-19-13-15/h5,7,9,12-13,17-18H,3-4,6,8,10-11H2,1-2H3. The maximum Gasteiger partial charge on any atom is 0.119 e. The fourth-order valence-electron chi connectivity index (χ4n) is 2.47. The van der Waals surface area contributed by atoms with Crippen molar-refractivity contribution in [1.29, 1.82) is 0 Å². The molecule has 0 saturated carbocycles. The molecule has 3 heteroatoms. The Kier molecular flexibility index (Phi) is 5.93. The lowest BCUT2D eigenvalue weighted by molar-refractivity contribution is 0.219. The SMILES string of the molecule is CCCOc1cccc(C(NCC)C2=COCCC2)c1. The fourth-order valence-corrected chi connectivity index (χ4v) is 2.47. The summed E-state index contributed by atoms with van der Waals surface area (Å²) in [6.07, 6.45) is 5.15. The van der Waals surface area contributed by atoms with Gasteiger partial charge in [-0.25, -0.2) is 0 Å². The molecule has 3 nitrogen and oxygen atoms in total. The highest BCUT2D eigenvalue weighted by Gasteiger charge is 2.18. The molecule has 0 amide bonds. The van der Waals surface area contributed by atoms with Gasteiger partial charge in [0.25, 0.3) is 0 Å². The molecule has 0 spiro atoms. The van der Waals surface area contributed by atoms with Crippen molar-refractivity contribution in [2.24, 2.45) is 0 Å². The highest BCUT2D eigenvalue weighted by molar-refractivity contribution is 5.35. The Labute approximate surface area is 122 Å². The fraction of sp³-hybridized carbons (Fsp3) is 0.529. The van der Waals surface area contributed by atoms with Crippen LogP contribution in [0.5, 0.6) is 5.75 Å². The van der Waals surface area contributed by atoms with Gasteiger partial charge in [-0.1, -0.05) is 26.0 Å². The Morgan fingerprint density at radius 1 is 1.35 bits per heavy atom. The van der Waals surface area contributed by atoms with Crippen molar-refractivity contribution < 1.29 is 9.47 Å². The minimum atomic E-state index is 0.227. The van der Waals surface area contributed by atoms with Gasteiger partial charge in [-0.15, -0.1) is 0 Å². The van der Waals surface area contributed by atoms with Crippen LogP contribution in [0.4, 0.5) is 0 Å². The lowest BCUT2D eigenvalue weighted by Crippen LogP contribution is -2.24. The third kappa shape index (κ3) is 4.01. The lowest BCUT2D eigenvalue weighted by atomic mass is 9.95. The van der Waals surface area contributed by atoms with Crippen molar-refractivity contribution in [3.05, 3.63) is 41.7 Å². The number of nitrogens with one attached hydrogen (secondary N) is 1. The van der Waals surface area contributed by atoms with Crippen molar-refractivity contribution in [2.45, 2.75) is 39.2 Å². The average Bonchev–Trinajstić information content (AvgIpc) is 2.52. The molecule has 0 bridgehead atoms. The number of hydrogen-bond acceptors (Lipinski definition) is 3. The van der Waals surface area contributed by atoms with E-state index in [1.165, 1.54) is 11.1 Å². The number of rotatable bonds is 7. The Hall–Kier alpha value is -1.48. The first-order valence-corrected chi connectivity index (χ1v) is 7.61. The maximum absolute atomic E-state index is 5.73. The van der Waals surface area contributed by atoms with Crippen LogP contribution in [0, 0.1) is 0 Å². The van der Waals surface area contributed by atoms with E-state index in [1.54, 1.807) is 0 Å². The van der Waals surface area contributed by atoms with Crippen LogP contribution < -0.4 is 10.1 Å². The van der Waals surface area contributed by atoms with E-state index in [0.29, 0.717) is 0 Å². The first-order chi connectivity index (χ1) is 9.85. The quantitative estimate of drug-likeness (QED) is 0.820. The second kappa shape index (κ2) is 7.95. The predicted molar refractivity (Wildman–Crippen MR) is 81.9 cm³/mol. The summed E-state index contributed by atoms with van der Waals surface area (Å²) < 4.78 is 11.2. The van der Waals surface area contributed by atoms with Crippen LogP contribution in [-0.4, -0.2) is 19.8 Å². The summed E-state index contributed by atoms with van der Waals surface area (Å²) in [5.41, 5.74) is 2.57. The summed E-state index contributed by atoms with van der Waals surface area (Å²) in [4.78, 5) is 0. The third-order valence-corrected chi connectivity index (χ3v) is 3.41. The molecule has 0 fully saturated rings. The predicted octanol–water partition coefficient (Wildman–Crippen LogP) is 3.82. The molecule has 1 unspecified atom stereocenters. The van der Waals surface area contributed by atoms with Crippen LogP contribution in [0.25, 0.3) is 0 Å². The molecule has 0 aromatic heterocycles. The Morgan fingerprint density at radius 2 is 2.25 bits per heavy atom. The van der Waals surface area contributed by atoms with Crippen LogP contribution in [0.3, 0.4) is 0 Å². The Morgan fingerprint density at radius 3 is 2.95 bits per heavy atom. The monoisotopic (exact) mass is 275 g/mol. The van der Waals surface area contributed by atoms with Crippen molar-refractivity contribution in [1.82, 2.24) is 5.32 Å². The highest BCUT2D eigenvalue weighted by Crippen LogP contribution is 2.29. The first-order valence-electron chi connectivity index (χ1n) is 7.61. The second-order valence-electron chi connectivity index (χ2n) is 5.08. The second-order valence-corrected chi connectivity index (χ2v) is 5.08. The third-order valence-electron chi connectivity index (χ3n) is 3.41. The highest BCUT2D eigenvalue weighted by atomic mass is 16.5. The molecule has 0 radical (unpaired) electrons. The van der Waals surface area contributed by atoms with Gasteiger partial charge in [-0.2, -0.15) is 0 Å². The Bertz CT molecular complexity index is 442. The van der Waals surface area contributed by atoms with Gasteiger partial charge in [0.05, 0.1) is 25.5 Å². The molecule has 1 aromatic carbocycles. The van der Waals surface area contributed by atoms with E-state index in [9.17, 15) is 0 Å². The van der Waals surface area contributed by atoms with E-state index in [1.807, 2.05) is 12.3 Å². The number of hydrogen-bond donors (Lipinski definition) is 1. The molecule has 1 N–H and O–H groups in total. The molecule has 2 rings (SSSR count). The van der Waals surface area contributed by atoms with Gasteiger partial charge in [0.15, 0.2) is 0 Å². The van der Waals surface area contributed by atoms with Gasteiger partial charge < -0.3 is 14.8 Å². The van der Waals surface area contributed by atoms with Gasteiger partial charge >= 0.3 is 0 Å². The summed E-state index contributed by atoms with van der Waals surface area (Å²) in [7, 11) is 0. The minimum Gasteiger partial charge on any atom is -0.501 e. The summed E-state index contributed by atoms with van der Waals surface area (Å²) in [6.45, 7) is 6.79. The smallest absolute Gasteiger partial charge is 0.119 e. The minimum absolute atomic E-state index is 0.227. The molecule has 1 atom stereocenters. The van der Waals surface area contributed by atoms with E-state index in [4.69, 9.17) is 9.47 Å². The molecule has 0 aliphatic carbocycles. The van der Waals surface area contributed by atoms with Gasteiger partial charge in [0.1, 0.15) is 5.75 Å². The molecular formula is C17H25NO2. The molecule has 110 valence electrons. The van der Waals surface area contributed by atoms with E-state index >= 15 is 0 Å². The van der Waals surface area contributed by atoms with E-state index in [-0.39, 0.29) is 6.04 Å². The molecule has 0 saturated heterocycles. The zero-order valence-corrected chi connectivity index (χ0v) is 12.5. The molecular weight excluding hydrogens is 250 g/mol. The first kappa shape index (κ1) is 14.9. The largest absolute Gasteiger partial charge is 0.501 e. The van der Waals surface area contributed by atoms with Crippen molar-refractivity contribution >= 4 is 0 Å². The van der Waals surface area contributed by atoms with Crippen LogP contribution in [0.15, 0.2) is 36.1 Å². The average molecular weight is 275 g/mol. The van der Waals surface area contributed by atoms with Crippen molar-refractivity contribution in [3.8, 4) is 5.75 Å². The maximum atomic E-state index is 5.73. The molecule has 1 aliphatic heterocycles. The van der Waals surface area contributed by atoms with Crippen LogP contribution in [0.1, 0.15) is 44.7 Å². The summed E-state index contributed by atoms with van der Waals surface area (Å²) >= 11 is 0. The summed E-state index contributed by atoms with van der Waals surface area (Å²) in [5, 5.41) is 3.55. The molecule has 1 aliphatic rings. The van der Waals surface area contributed by atoms with Gasteiger partial charge in [0, 0.05) is 0 Å². The zero-order valence-electron chi connectivity index (χ0n) is 12.5. The van der Waals surface area contributed by atoms with E-state index in [0.717, 1.165) is 44.8 Å². The van der Waals surface area contributed by atoms with Crippen LogP contribution in [-0.2, 0) is 4.74 Å². The van der Waals surface area contributed by atoms with Crippen LogP contribution in [0.2, 0.25) is 0 Å². The molecule has 20 heavy (non-hydrogen) atoms. The Balaban J connectivity index is 2.17. The van der Waals surface area contributed by atoms with Crippen LogP contribution >= 0.6 is 0 Å². The lowest BCUT2D eigenvalue weighted by Gasteiger charge is -2.24. The number of likely N-dealkylation sites (N-methyl/N-ethyl adjacent to an activating group) is 1. The number of benzene rings is 1.